The highest BCUT2D eigenvalue weighted by Gasteiger charge is 2.07. The van der Waals surface area contributed by atoms with E-state index in [1.807, 2.05) is 18.2 Å². The SMILES string of the molecule is N#Cc1c(I)ccc2cc(N)sc12. The van der Waals surface area contributed by atoms with Crippen LogP contribution in [0.5, 0.6) is 0 Å². The van der Waals surface area contributed by atoms with Crippen LogP contribution in [0.3, 0.4) is 0 Å². The highest BCUT2D eigenvalue weighted by Crippen LogP contribution is 2.32. The minimum Gasteiger partial charge on any atom is -0.391 e. The second kappa shape index (κ2) is 3.16. The average Bonchev–Trinajstić information content (AvgIpc) is 2.45. The van der Waals surface area contributed by atoms with Crippen molar-refractivity contribution in [1.82, 2.24) is 0 Å². The number of thiophene rings is 1. The van der Waals surface area contributed by atoms with Gasteiger partial charge >= 0.3 is 0 Å². The molecule has 2 aromatic rings. The number of benzene rings is 1. The van der Waals surface area contributed by atoms with Crippen molar-refractivity contribution in [1.29, 1.82) is 5.26 Å². The molecule has 0 bridgehead atoms. The summed E-state index contributed by atoms with van der Waals surface area (Å²) in [5.41, 5.74) is 6.41. The standard InChI is InChI=1S/C9H5IN2S/c10-7-2-1-5-3-8(12)13-9(5)6(7)4-11/h1-3H,12H2. The fraction of sp³-hybridized carbons (Fsp3) is 0. The molecule has 4 heteroatoms. The molecule has 1 aromatic heterocycles. The molecule has 0 saturated carbocycles. The molecule has 0 saturated heterocycles. The Morgan fingerprint density at radius 1 is 1.46 bits per heavy atom. The predicted octanol–water partition coefficient (Wildman–Crippen LogP) is 2.96. The molecule has 1 heterocycles. The Hall–Kier alpha value is -0.800. The van der Waals surface area contributed by atoms with E-state index in [0.717, 1.165) is 24.2 Å². The molecular weight excluding hydrogens is 295 g/mol. The molecule has 13 heavy (non-hydrogen) atoms. The van der Waals surface area contributed by atoms with Gasteiger partial charge in [0.25, 0.3) is 0 Å². The minimum atomic E-state index is 0.736. The number of halogens is 1. The monoisotopic (exact) mass is 300 g/mol. The molecule has 2 N–H and O–H groups in total. The van der Waals surface area contributed by atoms with Gasteiger partial charge in [0.05, 0.1) is 15.3 Å². The Balaban J connectivity index is 2.93. The summed E-state index contributed by atoms with van der Waals surface area (Å²) >= 11 is 3.63. The number of nitrogen functional groups attached to an aromatic ring is 1. The van der Waals surface area contributed by atoms with E-state index < -0.39 is 0 Å². The van der Waals surface area contributed by atoms with E-state index in [2.05, 4.69) is 28.7 Å². The van der Waals surface area contributed by atoms with Gasteiger partial charge in [-0.1, -0.05) is 6.07 Å². The van der Waals surface area contributed by atoms with E-state index in [4.69, 9.17) is 11.0 Å². The van der Waals surface area contributed by atoms with Gasteiger partial charge in [0.1, 0.15) is 6.07 Å². The molecule has 2 rings (SSSR count). The van der Waals surface area contributed by atoms with E-state index in [1.54, 1.807) is 0 Å². The maximum absolute atomic E-state index is 8.94. The first-order chi connectivity index (χ1) is 6.22. The van der Waals surface area contributed by atoms with Crippen molar-refractivity contribution in [2.75, 3.05) is 5.73 Å². The first-order valence-corrected chi connectivity index (χ1v) is 5.49. The molecule has 0 amide bonds. The van der Waals surface area contributed by atoms with Gasteiger partial charge in [-0.3, -0.25) is 0 Å². The lowest BCUT2D eigenvalue weighted by molar-refractivity contribution is 1.50. The lowest BCUT2D eigenvalue weighted by atomic mass is 10.2. The summed E-state index contributed by atoms with van der Waals surface area (Å²) in [5, 5.41) is 10.7. The van der Waals surface area contributed by atoms with Gasteiger partial charge in [-0.25, -0.2) is 0 Å². The Labute approximate surface area is 93.1 Å². The second-order valence-corrected chi connectivity index (χ2v) is 4.85. The number of fused-ring (bicyclic) bond motifs is 1. The first-order valence-electron chi connectivity index (χ1n) is 3.60. The van der Waals surface area contributed by atoms with Crippen LogP contribution in [0.1, 0.15) is 5.56 Å². The molecule has 0 spiro atoms. The second-order valence-electron chi connectivity index (χ2n) is 2.60. The molecule has 2 nitrogen and oxygen atoms in total. The third kappa shape index (κ3) is 1.38. The lowest BCUT2D eigenvalue weighted by Crippen LogP contribution is -1.79. The molecule has 0 aliphatic heterocycles. The van der Waals surface area contributed by atoms with Crippen molar-refractivity contribution < 1.29 is 0 Å². The summed E-state index contributed by atoms with van der Waals surface area (Å²) in [6, 6.07) is 8.03. The van der Waals surface area contributed by atoms with Crippen LogP contribution in [0.4, 0.5) is 5.00 Å². The lowest BCUT2D eigenvalue weighted by Gasteiger charge is -1.95. The Bertz CT molecular complexity index is 510. The number of hydrogen-bond acceptors (Lipinski definition) is 3. The summed E-state index contributed by atoms with van der Waals surface area (Å²) in [5.74, 6) is 0. The van der Waals surface area contributed by atoms with Crippen molar-refractivity contribution in [3.05, 3.63) is 27.3 Å². The van der Waals surface area contributed by atoms with E-state index in [1.165, 1.54) is 11.3 Å². The number of nitrogens with zero attached hydrogens (tertiary/aromatic N) is 1. The van der Waals surface area contributed by atoms with Crippen molar-refractivity contribution >= 4 is 49.0 Å². The zero-order valence-electron chi connectivity index (χ0n) is 6.54. The fourth-order valence-electron chi connectivity index (χ4n) is 1.20. The van der Waals surface area contributed by atoms with Crippen LogP contribution in [0, 0.1) is 14.9 Å². The fourth-order valence-corrected chi connectivity index (χ4v) is 2.88. The zero-order valence-corrected chi connectivity index (χ0v) is 9.52. The molecule has 0 fully saturated rings. The summed E-state index contributed by atoms with van der Waals surface area (Å²) in [6.45, 7) is 0. The molecule has 0 radical (unpaired) electrons. The first kappa shape index (κ1) is 8.78. The molecule has 64 valence electrons. The van der Waals surface area contributed by atoms with Crippen molar-refractivity contribution in [2.24, 2.45) is 0 Å². The molecule has 0 aliphatic rings. The third-order valence-corrected chi connectivity index (χ3v) is 3.66. The van der Waals surface area contributed by atoms with Crippen molar-refractivity contribution in [2.45, 2.75) is 0 Å². The normalized spacial score (nSPS) is 10.2. The summed E-state index contributed by atoms with van der Waals surface area (Å²) in [6.07, 6.45) is 0. The van der Waals surface area contributed by atoms with Crippen LogP contribution in [0.25, 0.3) is 10.1 Å². The maximum atomic E-state index is 8.94. The van der Waals surface area contributed by atoms with Crippen molar-refractivity contribution in [3.63, 3.8) is 0 Å². The Morgan fingerprint density at radius 3 is 2.92 bits per heavy atom. The molecule has 0 unspecified atom stereocenters. The summed E-state index contributed by atoms with van der Waals surface area (Å²) in [4.78, 5) is 0. The van der Waals surface area contributed by atoms with E-state index in [0.29, 0.717) is 0 Å². The van der Waals surface area contributed by atoms with Gasteiger partial charge in [-0.05, 0) is 40.1 Å². The molecule has 0 aliphatic carbocycles. The average molecular weight is 300 g/mol. The highest BCUT2D eigenvalue weighted by atomic mass is 127. The number of nitriles is 1. The van der Waals surface area contributed by atoms with Crippen LogP contribution in [-0.2, 0) is 0 Å². The van der Waals surface area contributed by atoms with Gasteiger partial charge in [-0.2, -0.15) is 5.26 Å². The van der Waals surface area contributed by atoms with Crippen LogP contribution >= 0.6 is 33.9 Å². The maximum Gasteiger partial charge on any atom is 0.102 e. The molecule has 1 aromatic carbocycles. The largest absolute Gasteiger partial charge is 0.391 e. The minimum absolute atomic E-state index is 0.736. The zero-order chi connectivity index (χ0) is 9.42. The van der Waals surface area contributed by atoms with E-state index >= 15 is 0 Å². The Kier molecular flexibility index (Phi) is 2.14. The van der Waals surface area contributed by atoms with Gasteiger partial charge in [0, 0.05) is 3.57 Å². The number of nitrogens with two attached hydrogens (primary N) is 1. The van der Waals surface area contributed by atoms with Crippen molar-refractivity contribution in [3.8, 4) is 6.07 Å². The smallest absolute Gasteiger partial charge is 0.102 e. The van der Waals surface area contributed by atoms with Gasteiger partial charge in [-0.15, -0.1) is 11.3 Å². The van der Waals surface area contributed by atoms with E-state index in [-0.39, 0.29) is 0 Å². The Morgan fingerprint density at radius 2 is 2.23 bits per heavy atom. The van der Waals surface area contributed by atoms with Crippen LogP contribution in [-0.4, -0.2) is 0 Å². The highest BCUT2D eigenvalue weighted by molar-refractivity contribution is 14.1. The molecular formula is C9H5IN2S. The van der Waals surface area contributed by atoms with Gasteiger partial charge in [0.2, 0.25) is 0 Å². The van der Waals surface area contributed by atoms with Crippen LogP contribution in [0.2, 0.25) is 0 Å². The van der Waals surface area contributed by atoms with Gasteiger partial charge < -0.3 is 5.73 Å². The van der Waals surface area contributed by atoms with Crippen LogP contribution < -0.4 is 5.73 Å². The number of anilines is 1. The van der Waals surface area contributed by atoms with E-state index in [9.17, 15) is 0 Å². The van der Waals surface area contributed by atoms with Gasteiger partial charge in [0.15, 0.2) is 0 Å². The quantitative estimate of drug-likeness (QED) is 0.760. The predicted molar refractivity (Wildman–Crippen MR) is 63.7 cm³/mol. The number of hydrogen-bond donors (Lipinski definition) is 1. The number of rotatable bonds is 0. The topological polar surface area (TPSA) is 49.8 Å². The summed E-state index contributed by atoms with van der Waals surface area (Å²) < 4.78 is 1.97. The third-order valence-electron chi connectivity index (χ3n) is 1.77. The molecule has 0 atom stereocenters. The van der Waals surface area contributed by atoms with Crippen LogP contribution in [0.15, 0.2) is 18.2 Å². The summed E-state index contributed by atoms with van der Waals surface area (Å²) in [7, 11) is 0.